The van der Waals surface area contributed by atoms with Crippen LogP contribution >= 0.6 is 0 Å². The normalized spacial score (nSPS) is 29.1. The molecule has 1 N–H and O–H groups in total. The maximum absolute atomic E-state index is 11.9. The van der Waals surface area contributed by atoms with Gasteiger partial charge in [0.05, 0.1) is 5.75 Å². The van der Waals surface area contributed by atoms with Gasteiger partial charge >= 0.3 is 0 Å². The number of nitrogens with zero attached hydrogens (tertiary/aromatic N) is 1. The van der Waals surface area contributed by atoms with Crippen LogP contribution in [0.25, 0.3) is 0 Å². The lowest BCUT2D eigenvalue weighted by Crippen LogP contribution is -2.39. The largest absolute Gasteiger partial charge is 0.341 e. The number of hydrogen-bond donors (Lipinski definition) is 1. The molecule has 6 heteroatoms. The molecule has 2 rings (SSSR count). The molecule has 0 aromatic rings. The molecule has 0 spiro atoms. The molecule has 2 fully saturated rings. The van der Waals surface area contributed by atoms with Crippen molar-refractivity contribution < 1.29 is 13.2 Å². The summed E-state index contributed by atoms with van der Waals surface area (Å²) in [5.74, 6) is -0.0612. The molecule has 1 amide bonds. The standard InChI is InChI=1S/C11H20N2O3S/c1-17(15,16)7-5-11(14)13-6-4-9-2-3-10(8-13)12-9/h9-10,12H,2-8H2,1H3. The van der Waals surface area contributed by atoms with E-state index in [1.54, 1.807) is 0 Å². The predicted molar refractivity (Wildman–Crippen MR) is 65.5 cm³/mol. The number of hydrogen-bond acceptors (Lipinski definition) is 4. The van der Waals surface area contributed by atoms with Crippen LogP contribution in [0.2, 0.25) is 0 Å². The number of carbonyl (C=O) groups excluding carboxylic acids is 1. The molecule has 2 saturated heterocycles. The third-order valence-electron chi connectivity index (χ3n) is 3.56. The molecule has 0 aromatic carbocycles. The zero-order chi connectivity index (χ0) is 12.5. The maximum Gasteiger partial charge on any atom is 0.223 e. The Bertz CT molecular complexity index is 394. The minimum atomic E-state index is -3.04. The van der Waals surface area contributed by atoms with E-state index in [0.29, 0.717) is 12.1 Å². The Balaban J connectivity index is 1.87. The molecule has 2 bridgehead atoms. The van der Waals surface area contributed by atoms with Crippen LogP contribution in [0.3, 0.4) is 0 Å². The molecular weight excluding hydrogens is 240 g/mol. The Morgan fingerprint density at radius 1 is 1.29 bits per heavy atom. The minimum Gasteiger partial charge on any atom is -0.341 e. The van der Waals surface area contributed by atoms with Crippen LogP contribution < -0.4 is 5.32 Å². The maximum atomic E-state index is 11.9. The van der Waals surface area contributed by atoms with Crippen LogP contribution in [-0.2, 0) is 14.6 Å². The molecule has 98 valence electrons. The van der Waals surface area contributed by atoms with Gasteiger partial charge < -0.3 is 10.2 Å². The first-order chi connectivity index (χ1) is 7.94. The zero-order valence-electron chi connectivity index (χ0n) is 10.2. The second kappa shape index (κ2) is 4.94. The van der Waals surface area contributed by atoms with Crippen molar-refractivity contribution in [3.8, 4) is 0 Å². The fraction of sp³-hybridized carbons (Fsp3) is 0.909. The fourth-order valence-electron chi connectivity index (χ4n) is 2.60. The fourth-order valence-corrected chi connectivity index (χ4v) is 3.15. The summed E-state index contributed by atoms with van der Waals surface area (Å²) >= 11 is 0. The lowest BCUT2D eigenvalue weighted by atomic mass is 10.1. The number of nitrogens with one attached hydrogen (secondary N) is 1. The Hall–Kier alpha value is -0.620. The molecule has 5 nitrogen and oxygen atoms in total. The van der Waals surface area contributed by atoms with Crippen LogP contribution in [0, 0.1) is 0 Å². The average molecular weight is 260 g/mol. The van der Waals surface area contributed by atoms with Gasteiger partial charge in [0.2, 0.25) is 5.91 Å². The second-order valence-corrected chi connectivity index (χ2v) is 7.41. The first kappa shape index (κ1) is 12.8. The van der Waals surface area contributed by atoms with E-state index in [-0.39, 0.29) is 18.1 Å². The Morgan fingerprint density at radius 2 is 2.00 bits per heavy atom. The van der Waals surface area contributed by atoms with Crippen molar-refractivity contribution in [1.82, 2.24) is 10.2 Å². The summed E-state index contributed by atoms with van der Waals surface area (Å²) < 4.78 is 22.1. The van der Waals surface area contributed by atoms with Crippen LogP contribution in [0.4, 0.5) is 0 Å². The van der Waals surface area contributed by atoms with Gasteiger partial charge in [-0.1, -0.05) is 0 Å². The Kier molecular flexibility index (Phi) is 3.73. The molecule has 2 aliphatic heterocycles. The smallest absolute Gasteiger partial charge is 0.223 e. The van der Waals surface area contributed by atoms with Gasteiger partial charge in [-0.05, 0) is 19.3 Å². The molecule has 2 atom stereocenters. The molecule has 0 aromatic heterocycles. The third-order valence-corrected chi connectivity index (χ3v) is 4.51. The SMILES string of the molecule is CS(=O)(=O)CCC(=O)N1CCC2CCC(C1)N2. The molecule has 2 unspecified atom stereocenters. The van der Waals surface area contributed by atoms with Gasteiger partial charge in [-0.2, -0.15) is 0 Å². The Morgan fingerprint density at radius 3 is 2.71 bits per heavy atom. The van der Waals surface area contributed by atoms with E-state index in [2.05, 4.69) is 5.32 Å². The van der Waals surface area contributed by atoms with Crippen molar-refractivity contribution in [2.45, 2.75) is 37.8 Å². The van der Waals surface area contributed by atoms with Crippen molar-refractivity contribution in [2.24, 2.45) is 0 Å². The topological polar surface area (TPSA) is 66.5 Å². The monoisotopic (exact) mass is 260 g/mol. The highest BCUT2D eigenvalue weighted by Gasteiger charge is 2.30. The number of amides is 1. The summed E-state index contributed by atoms with van der Waals surface area (Å²) in [4.78, 5) is 13.7. The van der Waals surface area contributed by atoms with E-state index in [1.165, 1.54) is 12.7 Å². The van der Waals surface area contributed by atoms with Crippen molar-refractivity contribution in [3.05, 3.63) is 0 Å². The first-order valence-electron chi connectivity index (χ1n) is 6.15. The van der Waals surface area contributed by atoms with E-state index in [1.807, 2.05) is 4.90 Å². The molecule has 0 saturated carbocycles. The Labute approximate surface area is 102 Å². The highest BCUT2D eigenvalue weighted by molar-refractivity contribution is 7.90. The van der Waals surface area contributed by atoms with Crippen LogP contribution in [0.1, 0.15) is 25.7 Å². The number of carbonyl (C=O) groups is 1. The summed E-state index contributed by atoms with van der Waals surface area (Å²) in [6, 6.07) is 0.956. The number of fused-ring (bicyclic) bond motifs is 2. The van der Waals surface area contributed by atoms with Gasteiger partial charge in [0.15, 0.2) is 0 Å². The minimum absolute atomic E-state index is 0.0234. The van der Waals surface area contributed by atoms with Crippen LogP contribution in [-0.4, -0.2) is 56.4 Å². The zero-order valence-corrected chi connectivity index (χ0v) is 11.0. The van der Waals surface area contributed by atoms with Crippen LogP contribution in [0.5, 0.6) is 0 Å². The summed E-state index contributed by atoms with van der Waals surface area (Å²) in [6.45, 7) is 1.50. The highest BCUT2D eigenvalue weighted by Crippen LogP contribution is 2.20. The number of sulfone groups is 1. The van der Waals surface area contributed by atoms with Gasteiger partial charge in [-0.3, -0.25) is 4.79 Å². The van der Waals surface area contributed by atoms with Crippen molar-refractivity contribution in [1.29, 1.82) is 0 Å². The van der Waals surface area contributed by atoms with E-state index in [4.69, 9.17) is 0 Å². The second-order valence-electron chi connectivity index (χ2n) is 5.15. The van der Waals surface area contributed by atoms with E-state index >= 15 is 0 Å². The molecule has 17 heavy (non-hydrogen) atoms. The lowest BCUT2D eigenvalue weighted by Gasteiger charge is -2.24. The molecular formula is C11H20N2O3S. The third kappa shape index (κ3) is 3.67. The predicted octanol–water partition coefficient (Wildman–Crippen LogP) is -0.226. The van der Waals surface area contributed by atoms with Crippen molar-refractivity contribution in [3.63, 3.8) is 0 Å². The van der Waals surface area contributed by atoms with E-state index < -0.39 is 9.84 Å². The van der Waals surface area contributed by atoms with Gasteiger partial charge in [0, 0.05) is 37.8 Å². The average Bonchev–Trinajstić information content (AvgIpc) is 2.54. The van der Waals surface area contributed by atoms with E-state index in [0.717, 1.165) is 25.9 Å². The highest BCUT2D eigenvalue weighted by atomic mass is 32.2. The molecule has 2 heterocycles. The summed E-state index contributed by atoms with van der Waals surface area (Å²) in [7, 11) is -3.04. The van der Waals surface area contributed by atoms with E-state index in [9.17, 15) is 13.2 Å². The number of rotatable bonds is 3. The van der Waals surface area contributed by atoms with Gasteiger partial charge in [0.1, 0.15) is 9.84 Å². The summed E-state index contributed by atoms with van der Waals surface area (Å²) in [5, 5.41) is 3.50. The summed E-state index contributed by atoms with van der Waals surface area (Å²) in [5.41, 5.74) is 0. The molecule has 0 radical (unpaired) electrons. The van der Waals surface area contributed by atoms with Crippen LogP contribution in [0.15, 0.2) is 0 Å². The van der Waals surface area contributed by atoms with Gasteiger partial charge in [0.25, 0.3) is 0 Å². The van der Waals surface area contributed by atoms with Gasteiger partial charge in [-0.15, -0.1) is 0 Å². The van der Waals surface area contributed by atoms with Crippen molar-refractivity contribution in [2.75, 3.05) is 25.1 Å². The quantitative estimate of drug-likeness (QED) is 0.761. The van der Waals surface area contributed by atoms with Crippen molar-refractivity contribution >= 4 is 15.7 Å². The summed E-state index contributed by atoms with van der Waals surface area (Å²) in [6.07, 6.45) is 4.61. The lowest BCUT2D eigenvalue weighted by molar-refractivity contribution is -0.131. The molecule has 2 aliphatic rings. The number of likely N-dealkylation sites (tertiary alicyclic amines) is 1. The first-order valence-corrected chi connectivity index (χ1v) is 8.21. The van der Waals surface area contributed by atoms with Gasteiger partial charge in [-0.25, -0.2) is 8.42 Å². The molecule has 0 aliphatic carbocycles.